The summed E-state index contributed by atoms with van der Waals surface area (Å²) in [6, 6.07) is 18.5. The lowest BCUT2D eigenvalue weighted by atomic mass is 10.2. The number of aromatic nitrogens is 1. The van der Waals surface area contributed by atoms with E-state index in [1.165, 1.54) is 5.56 Å². The maximum atomic E-state index is 4.61. The van der Waals surface area contributed by atoms with E-state index in [1.54, 1.807) is 11.3 Å². The van der Waals surface area contributed by atoms with Crippen LogP contribution < -0.4 is 22.3 Å². The van der Waals surface area contributed by atoms with Gasteiger partial charge in [-0.25, -0.2) is 4.98 Å². The minimum absolute atomic E-state index is 0. The first-order valence-electron chi connectivity index (χ1n) is 6.16. The molecule has 20 heavy (non-hydrogen) atoms. The predicted octanol–water partition coefficient (Wildman–Crippen LogP) is 1.87. The number of hydrogen-bond donors (Lipinski definition) is 1. The molecule has 0 fully saturated rings. The zero-order valence-corrected chi connectivity index (χ0v) is 13.4. The highest BCUT2D eigenvalue weighted by Gasteiger charge is 2.04. The van der Waals surface area contributed by atoms with Gasteiger partial charge >= 0.3 is 0 Å². The average Bonchev–Trinajstić information content (AvgIpc) is 2.88. The monoisotopic (exact) mass is 345 g/mol. The van der Waals surface area contributed by atoms with Crippen molar-refractivity contribution in [1.82, 2.24) is 4.98 Å². The first-order valence-corrected chi connectivity index (χ1v) is 7.04. The van der Waals surface area contributed by atoms with Gasteiger partial charge in [0, 0.05) is 16.6 Å². The summed E-state index contributed by atoms with van der Waals surface area (Å²) < 4.78 is 0. The third kappa shape index (κ3) is 3.46. The summed E-state index contributed by atoms with van der Waals surface area (Å²) >= 11 is 1.62. The Kier molecular flexibility index (Phi) is 4.93. The van der Waals surface area contributed by atoms with Crippen molar-refractivity contribution in [2.75, 3.05) is 5.32 Å². The van der Waals surface area contributed by atoms with E-state index in [1.807, 2.05) is 24.3 Å². The van der Waals surface area contributed by atoms with E-state index in [-0.39, 0.29) is 17.0 Å². The highest BCUT2D eigenvalue weighted by molar-refractivity contribution is 7.14. The number of nitrogens with one attached hydrogen (secondary N) is 1. The van der Waals surface area contributed by atoms with Crippen LogP contribution in [0.5, 0.6) is 0 Å². The summed E-state index contributed by atoms with van der Waals surface area (Å²) in [4.78, 5) is 4.61. The first kappa shape index (κ1) is 14.8. The van der Waals surface area contributed by atoms with E-state index in [0.717, 1.165) is 22.1 Å². The highest BCUT2D eigenvalue weighted by Crippen LogP contribution is 2.27. The summed E-state index contributed by atoms with van der Waals surface area (Å²) in [6.07, 6.45) is 0. The van der Waals surface area contributed by atoms with Crippen LogP contribution in [-0.2, 0) is 0 Å². The van der Waals surface area contributed by atoms with Crippen molar-refractivity contribution in [1.29, 1.82) is 0 Å². The molecule has 0 bridgehead atoms. The van der Waals surface area contributed by atoms with Crippen LogP contribution in [0.4, 0.5) is 10.8 Å². The lowest BCUT2D eigenvalue weighted by Crippen LogP contribution is -3.00. The molecule has 102 valence electrons. The second-order valence-electron chi connectivity index (χ2n) is 4.40. The summed E-state index contributed by atoms with van der Waals surface area (Å²) in [6.45, 7) is 2.09. The normalized spacial score (nSPS) is 9.85. The van der Waals surface area contributed by atoms with Gasteiger partial charge in [0.15, 0.2) is 5.13 Å². The molecule has 2 aromatic carbocycles. The molecule has 2 nitrogen and oxygen atoms in total. The van der Waals surface area contributed by atoms with Gasteiger partial charge in [0.25, 0.3) is 0 Å². The van der Waals surface area contributed by atoms with Crippen molar-refractivity contribution in [3.8, 4) is 11.3 Å². The average molecular weight is 346 g/mol. The Labute approximate surface area is 133 Å². The molecule has 0 saturated heterocycles. The van der Waals surface area contributed by atoms with Gasteiger partial charge in [0.2, 0.25) is 0 Å². The number of benzene rings is 2. The van der Waals surface area contributed by atoms with E-state index in [0.29, 0.717) is 0 Å². The van der Waals surface area contributed by atoms with Crippen LogP contribution in [-0.4, -0.2) is 4.98 Å². The molecule has 3 aromatic rings. The van der Waals surface area contributed by atoms with E-state index >= 15 is 0 Å². The molecular weight excluding hydrogens is 332 g/mol. The van der Waals surface area contributed by atoms with Gasteiger partial charge in [0.05, 0.1) is 5.69 Å². The van der Waals surface area contributed by atoms with E-state index in [2.05, 4.69) is 52.9 Å². The molecule has 0 aliphatic carbocycles. The molecule has 1 aromatic heterocycles. The number of thiazole rings is 1. The second-order valence-corrected chi connectivity index (χ2v) is 5.26. The van der Waals surface area contributed by atoms with Crippen molar-refractivity contribution >= 4 is 22.2 Å². The van der Waals surface area contributed by atoms with Gasteiger partial charge in [-0.3, -0.25) is 0 Å². The minimum atomic E-state index is 0. The Morgan fingerprint density at radius 1 is 1.00 bits per heavy atom. The molecule has 0 unspecified atom stereocenters. The van der Waals surface area contributed by atoms with Crippen LogP contribution in [0.2, 0.25) is 0 Å². The summed E-state index contributed by atoms with van der Waals surface area (Å²) in [5, 5.41) is 6.34. The van der Waals surface area contributed by atoms with Crippen molar-refractivity contribution in [3.05, 3.63) is 65.5 Å². The Balaban J connectivity index is 0.00000147. The van der Waals surface area contributed by atoms with Crippen LogP contribution >= 0.6 is 11.3 Å². The van der Waals surface area contributed by atoms with Gasteiger partial charge in [-0.1, -0.05) is 42.5 Å². The molecule has 0 atom stereocenters. The Hall–Kier alpha value is -1.65. The molecule has 0 spiro atoms. The number of anilines is 2. The summed E-state index contributed by atoms with van der Waals surface area (Å²) in [5.74, 6) is 0. The van der Waals surface area contributed by atoms with Crippen molar-refractivity contribution in [2.45, 2.75) is 6.92 Å². The number of aryl methyl sites for hydroxylation is 1. The highest BCUT2D eigenvalue weighted by atomic mass is 79.9. The second kappa shape index (κ2) is 6.68. The number of halogens is 1. The van der Waals surface area contributed by atoms with Crippen LogP contribution in [0.25, 0.3) is 11.3 Å². The third-order valence-electron chi connectivity index (χ3n) is 2.84. The zero-order chi connectivity index (χ0) is 13.1. The molecule has 1 N–H and O–H groups in total. The fraction of sp³-hybridized carbons (Fsp3) is 0.0625. The lowest BCUT2D eigenvalue weighted by Gasteiger charge is -2.02. The Bertz CT molecular complexity index is 680. The van der Waals surface area contributed by atoms with Crippen molar-refractivity contribution in [3.63, 3.8) is 0 Å². The van der Waals surface area contributed by atoms with Gasteiger partial charge < -0.3 is 22.3 Å². The molecule has 0 saturated carbocycles. The van der Waals surface area contributed by atoms with Gasteiger partial charge in [-0.05, 0) is 24.6 Å². The standard InChI is InChI=1S/C16H14N2S.BrH/c1-12-6-5-9-14(10-12)17-16-18-15(11-19-16)13-7-3-2-4-8-13;/h2-11H,1H3,(H,17,18);1H/p-1. The SMILES string of the molecule is Cc1cccc(Nc2nc(-c3ccccc3)cs2)c1.[Br-]. The minimum Gasteiger partial charge on any atom is -1.00 e. The van der Waals surface area contributed by atoms with Crippen molar-refractivity contribution in [2.24, 2.45) is 0 Å². The molecule has 0 radical (unpaired) electrons. The molecular formula is C16H14BrN2S-. The molecule has 0 aliphatic rings. The van der Waals surface area contributed by atoms with Crippen LogP contribution in [0, 0.1) is 6.92 Å². The van der Waals surface area contributed by atoms with Crippen LogP contribution in [0.1, 0.15) is 5.56 Å². The van der Waals surface area contributed by atoms with E-state index in [4.69, 9.17) is 0 Å². The smallest absolute Gasteiger partial charge is 0.187 e. The summed E-state index contributed by atoms with van der Waals surface area (Å²) in [7, 11) is 0. The zero-order valence-electron chi connectivity index (χ0n) is 11.0. The largest absolute Gasteiger partial charge is 1.00 e. The quantitative estimate of drug-likeness (QED) is 0.783. The van der Waals surface area contributed by atoms with Crippen LogP contribution in [0.3, 0.4) is 0 Å². The maximum Gasteiger partial charge on any atom is 0.187 e. The lowest BCUT2D eigenvalue weighted by molar-refractivity contribution is -0.00000380. The predicted molar refractivity (Wildman–Crippen MR) is 82.0 cm³/mol. The first-order chi connectivity index (χ1) is 9.31. The topological polar surface area (TPSA) is 24.9 Å². The fourth-order valence-corrected chi connectivity index (χ4v) is 2.66. The van der Waals surface area contributed by atoms with Crippen molar-refractivity contribution < 1.29 is 17.0 Å². The fourth-order valence-electron chi connectivity index (χ4n) is 1.92. The van der Waals surface area contributed by atoms with Crippen LogP contribution in [0.15, 0.2) is 60.0 Å². The van der Waals surface area contributed by atoms with E-state index < -0.39 is 0 Å². The maximum absolute atomic E-state index is 4.61. The van der Waals surface area contributed by atoms with E-state index in [9.17, 15) is 0 Å². The molecule has 3 rings (SSSR count). The number of hydrogen-bond acceptors (Lipinski definition) is 3. The molecule has 0 aliphatic heterocycles. The molecule has 1 heterocycles. The molecule has 0 amide bonds. The van der Waals surface area contributed by atoms with Gasteiger partial charge in [-0.15, -0.1) is 11.3 Å². The van der Waals surface area contributed by atoms with Gasteiger partial charge in [0.1, 0.15) is 0 Å². The Morgan fingerprint density at radius 3 is 2.55 bits per heavy atom. The molecule has 4 heteroatoms. The summed E-state index contributed by atoms with van der Waals surface area (Å²) in [5.41, 5.74) is 4.48. The number of rotatable bonds is 3. The number of nitrogens with zero attached hydrogens (tertiary/aromatic N) is 1. The Morgan fingerprint density at radius 2 is 1.80 bits per heavy atom. The third-order valence-corrected chi connectivity index (χ3v) is 3.60. The van der Waals surface area contributed by atoms with Gasteiger partial charge in [-0.2, -0.15) is 0 Å².